The molecule has 0 aliphatic carbocycles. The maximum atomic E-state index is 4.02. The highest BCUT2D eigenvalue weighted by molar-refractivity contribution is 5.27. The van der Waals surface area contributed by atoms with Gasteiger partial charge in [-0.3, -0.25) is 5.32 Å². The number of hydrogen-bond acceptors (Lipinski definition) is 0. The average Bonchev–Trinajstić information content (AvgIpc) is 1.91. The van der Waals surface area contributed by atoms with E-state index >= 15 is 0 Å². The molecule has 1 rings (SSSR count). The fraction of sp³-hybridized carbons (Fsp3) is 0.333. The van der Waals surface area contributed by atoms with Crippen LogP contribution in [0.4, 0.5) is 0 Å². The summed E-state index contributed by atoms with van der Waals surface area (Å²) in [7, 11) is 0. The van der Waals surface area contributed by atoms with Gasteiger partial charge in [0.2, 0.25) is 0 Å². The molecule has 1 fully saturated rings. The molecule has 0 unspecified atom stereocenters. The van der Waals surface area contributed by atoms with Gasteiger partial charge < -0.3 is 0 Å². The molecule has 0 aromatic heterocycles. The van der Waals surface area contributed by atoms with E-state index < -0.39 is 0 Å². The first-order valence-electron chi connectivity index (χ1n) is 2.35. The van der Waals surface area contributed by atoms with Crippen molar-refractivity contribution in [3.8, 4) is 0 Å². The van der Waals surface area contributed by atoms with Crippen LogP contribution in [0.25, 0.3) is 0 Å². The van der Waals surface area contributed by atoms with Crippen LogP contribution in [-0.4, -0.2) is 6.54 Å². The largest absolute Gasteiger partial charge is 0.285 e. The Hall–Kier alpha value is -0.720. The van der Waals surface area contributed by atoms with Crippen LogP contribution < -0.4 is 5.32 Å². The lowest BCUT2D eigenvalue weighted by Gasteiger charge is -1.86. The van der Waals surface area contributed by atoms with Crippen molar-refractivity contribution in [3.63, 3.8) is 0 Å². The predicted octanol–water partition coefficient (Wildman–Crippen LogP) is 1.06. The van der Waals surface area contributed by atoms with Crippen LogP contribution in [0.3, 0.4) is 0 Å². The summed E-state index contributed by atoms with van der Waals surface area (Å²) >= 11 is 0. The fourth-order valence-corrected chi connectivity index (χ4v) is 0.582. The number of allylic oxidation sites excluding steroid dienone is 1. The molecule has 37 valence electrons. The maximum absolute atomic E-state index is 4.02. The molecule has 0 bridgehead atoms. The molecule has 0 aromatic rings. The van der Waals surface area contributed by atoms with Gasteiger partial charge in [-0.2, -0.15) is 0 Å². The van der Waals surface area contributed by atoms with Gasteiger partial charge in [0.15, 0.2) is 0 Å². The minimum absolute atomic E-state index is 0.889. The molecule has 7 heavy (non-hydrogen) atoms. The topological polar surface area (TPSA) is 14.1 Å². The zero-order valence-electron chi connectivity index (χ0n) is 4.28. The van der Waals surface area contributed by atoms with E-state index in [-0.39, 0.29) is 0 Å². The van der Waals surface area contributed by atoms with E-state index in [0.29, 0.717) is 0 Å². The van der Waals surface area contributed by atoms with Crippen molar-refractivity contribution >= 4 is 0 Å². The molecule has 0 saturated carbocycles. The second-order valence-electron chi connectivity index (χ2n) is 1.68. The molecule has 0 N–H and O–H groups in total. The first kappa shape index (κ1) is 4.44. The lowest BCUT2D eigenvalue weighted by Crippen LogP contribution is -1.90. The van der Waals surface area contributed by atoms with Crippen LogP contribution in [0.5, 0.6) is 0 Å². The lowest BCUT2D eigenvalue weighted by molar-refractivity contribution is 0.900. The highest BCUT2D eigenvalue weighted by Gasteiger charge is 2.07. The van der Waals surface area contributed by atoms with Gasteiger partial charge in [0, 0.05) is 6.54 Å². The van der Waals surface area contributed by atoms with Crippen molar-refractivity contribution in [2.45, 2.75) is 6.42 Å². The van der Waals surface area contributed by atoms with E-state index in [0.717, 1.165) is 24.2 Å². The highest BCUT2D eigenvalue weighted by Crippen LogP contribution is 2.13. The Kier molecular flexibility index (Phi) is 0.895. The Morgan fingerprint density at radius 1 is 1.43 bits per heavy atom. The average molecular weight is 94.1 g/mol. The van der Waals surface area contributed by atoms with Gasteiger partial charge in [0.1, 0.15) is 0 Å². The monoisotopic (exact) mass is 94.1 g/mol. The summed E-state index contributed by atoms with van der Waals surface area (Å²) in [5, 5.41) is 4.02. The van der Waals surface area contributed by atoms with Gasteiger partial charge in [-0.25, -0.2) is 0 Å². The van der Waals surface area contributed by atoms with Crippen LogP contribution >= 0.6 is 0 Å². The molecule has 0 spiro atoms. The lowest BCUT2D eigenvalue weighted by atomic mass is 10.2. The minimum Gasteiger partial charge on any atom is -0.285 e. The first-order chi connectivity index (χ1) is 3.30. The van der Waals surface area contributed by atoms with Crippen molar-refractivity contribution in [2.24, 2.45) is 0 Å². The summed E-state index contributed by atoms with van der Waals surface area (Å²) in [4.78, 5) is 0. The molecule has 0 aromatic carbocycles. The highest BCUT2D eigenvalue weighted by atomic mass is 14.9. The zero-order chi connectivity index (χ0) is 5.28. The second-order valence-corrected chi connectivity index (χ2v) is 1.68. The Bertz CT molecular complexity index is 99.3. The molecule has 0 amide bonds. The Morgan fingerprint density at radius 2 is 2.14 bits per heavy atom. The van der Waals surface area contributed by atoms with Crippen molar-refractivity contribution in [1.29, 1.82) is 0 Å². The fourth-order valence-electron chi connectivity index (χ4n) is 0.582. The number of hydrogen-bond donors (Lipinski definition) is 0. The maximum Gasteiger partial charge on any atom is 0.0529 e. The van der Waals surface area contributed by atoms with Crippen LogP contribution in [0.2, 0.25) is 0 Å². The molecule has 1 heterocycles. The molecule has 1 heteroatoms. The van der Waals surface area contributed by atoms with Gasteiger partial charge in [0.25, 0.3) is 0 Å². The van der Waals surface area contributed by atoms with Crippen LogP contribution in [-0.2, 0) is 0 Å². The van der Waals surface area contributed by atoms with E-state index in [9.17, 15) is 0 Å². The van der Waals surface area contributed by atoms with Crippen LogP contribution in [0.15, 0.2) is 24.4 Å². The summed E-state index contributed by atoms with van der Waals surface area (Å²) in [6, 6.07) is 0. The summed E-state index contributed by atoms with van der Waals surface area (Å²) in [5.74, 6) is 0. The molecule has 0 atom stereocenters. The van der Waals surface area contributed by atoms with E-state index in [1.54, 1.807) is 0 Å². The molecule has 1 nitrogen and oxygen atoms in total. The standard InChI is InChI=1S/C6H8N/c1-5-3-4-7-6(5)2/h1-4H2. The zero-order valence-corrected chi connectivity index (χ0v) is 4.28. The van der Waals surface area contributed by atoms with Gasteiger partial charge in [-0.15, -0.1) is 0 Å². The quantitative estimate of drug-likeness (QED) is 0.426. The molecule has 1 saturated heterocycles. The summed E-state index contributed by atoms with van der Waals surface area (Å²) in [6.07, 6.45) is 1.01. The normalized spacial score (nSPS) is 20.0. The van der Waals surface area contributed by atoms with E-state index in [4.69, 9.17) is 0 Å². The van der Waals surface area contributed by atoms with Gasteiger partial charge in [-0.05, 0) is 12.0 Å². The van der Waals surface area contributed by atoms with Gasteiger partial charge in [0.05, 0.1) is 5.70 Å². The van der Waals surface area contributed by atoms with Gasteiger partial charge >= 0.3 is 0 Å². The molecule has 1 aliphatic rings. The van der Waals surface area contributed by atoms with E-state index in [2.05, 4.69) is 18.5 Å². The Balaban J connectivity index is 2.65. The molecular weight excluding hydrogens is 86.1 g/mol. The van der Waals surface area contributed by atoms with Crippen LogP contribution in [0, 0.1) is 0 Å². The SMILES string of the molecule is C=C1CC[N]C1=C. The van der Waals surface area contributed by atoms with Gasteiger partial charge in [-0.1, -0.05) is 13.2 Å². The smallest absolute Gasteiger partial charge is 0.0529 e. The third kappa shape index (κ3) is 0.660. The summed E-state index contributed by atoms with van der Waals surface area (Å²) < 4.78 is 0. The van der Waals surface area contributed by atoms with Crippen molar-refractivity contribution < 1.29 is 0 Å². The third-order valence-corrected chi connectivity index (χ3v) is 1.12. The van der Waals surface area contributed by atoms with E-state index in [1.165, 1.54) is 0 Å². The van der Waals surface area contributed by atoms with E-state index in [1.807, 2.05) is 0 Å². The van der Waals surface area contributed by atoms with Crippen molar-refractivity contribution in [2.75, 3.05) is 6.54 Å². The Morgan fingerprint density at radius 3 is 2.29 bits per heavy atom. The van der Waals surface area contributed by atoms with Crippen LogP contribution in [0.1, 0.15) is 6.42 Å². The number of rotatable bonds is 0. The molecule has 1 aliphatic heterocycles. The molecule has 1 radical (unpaired) electrons. The predicted molar refractivity (Wildman–Crippen MR) is 29.9 cm³/mol. The summed E-state index contributed by atoms with van der Waals surface area (Å²) in [5.41, 5.74) is 1.99. The number of nitrogens with zero attached hydrogens (tertiary/aromatic N) is 1. The minimum atomic E-state index is 0.889. The Labute approximate surface area is 43.7 Å². The van der Waals surface area contributed by atoms with Crippen molar-refractivity contribution in [1.82, 2.24) is 5.32 Å². The molecular formula is C6H8N. The third-order valence-electron chi connectivity index (χ3n) is 1.12. The second kappa shape index (κ2) is 1.41. The summed E-state index contributed by atoms with van der Waals surface area (Å²) in [6.45, 7) is 8.31. The first-order valence-corrected chi connectivity index (χ1v) is 2.35. The van der Waals surface area contributed by atoms with Crippen molar-refractivity contribution in [3.05, 3.63) is 24.4 Å².